The molecule has 0 spiro atoms. The molecule has 1 atom stereocenters. The molecular formula is C19H19N3OS2. The first kappa shape index (κ1) is 16.4. The van der Waals surface area contributed by atoms with Gasteiger partial charge in [-0.3, -0.25) is 10.1 Å². The fraction of sp³-hybridized carbons (Fsp3) is 0.316. The Labute approximate surface area is 155 Å². The zero-order chi connectivity index (χ0) is 17.4. The third-order valence-corrected chi connectivity index (χ3v) is 6.45. The lowest BCUT2D eigenvalue weighted by Crippen LogP contribution is -2.13. The summed E-state index contributed by atoms with van der Waals surface area (Å²) in [6.07, 6.45) is 3.25. The number of hydrogen-bond acceptors (Lipinski definition) is 5. The van der Waals surface area contributed by atoms with Crippen LogP contribution in [-0.2, 0) is 12.8 Å². The maximum atomic E-state index is 12.8. The highest BCUT2D eigenvalue weighted by atomic mass is 32.1. The summed E-state index contributed by atoms with van der Waals surface area (Å²) in [5.74, 6) is 0.518. The summed E-state index contributed by atoms with van der Waals surface area (Å²) in [5.41, 5.74) is 2.65. The minimum Gasteiger partial charge on any atom is -0.296 e. The van der Waals surface area contributed by atoms with Crippen molar-refractivity contribution < 1.29 is 4.79 Å². The lowest BCUT2D eigenvalue weighted by atomic mass is 9.93. The first-order valence-electron chi connectivity index (χ1n) is 8.43. The number of nitrogens with zero attached hydrogens (tertiary/aromatic N) is 2. The van der Waals surface area contributed by atoms with Gasteiger partial charge in [0.25, 0.3) is 5.91 Å². The molecule has 128 valence electrons. The standard InChI is InChI=1S/C19H19N3OS2/c1-11-8-9-14-15(10-11)25-19(21-14)22-18(23)16-17(24-12(2)20-16)13-6-4-3-5-7-13/h3-7,11H,8-10H2,1-2H3,(H,21,22,23). The monoisotopic (exact) mass is 369 g/mol. The first-order chi connectivity index (χ1) is 12.1. The van der Waals surface area contributed by atoms with Crippen molar-refractivity contribution in [3.63, 3.8) is 0 Å². The van der Waals surface area contributed by atoms with E-state index in [0.717, 1.165) is 34.0 Å². The second-order valence-electron chi connectivity index (χ2n) is 6.47. The van der Waals surface area contributed by atoms with E-state index in [1.807, 2.05) is 37.3 Å². The second kappa shape index (κ2) is 6.69. The van der Waals surface area contributed by atoms with E-state index in [1.54, 1.807) is 22.7 Å². The van der Waals surface area contributed by atoms with Gasteiger partial charge in [0.15, 0.2) is 5.13 Å². The Morgan fingerprint density at radius 3 is 2.80 bits per heavy atom. The molecule has 1 amide bonds. The number of rotatable bonds is 3. The summed E-state index contributed by atoms with van der Waals surface area (Å²) in [7, 11) is 0. The van der Waals surface area contributed by atoms with Gasteiger partial charge < -0.3 is 0 Å². The van der Waals surface area contributed by atoms with E-state index in [1.165, 1.54) is 11.3 Å². The molecule has 6 heteroatoms. The van der Waals surface area contributed by atoms with Gasteiger partial charge in [-0.2, -0.15) is 0 Å². The number of aromatic nitrogens is 2. The highest BCUT2D eigenvalue weighted by molar-refractivity contribution is 7.16. The number of carbonyl (C=O) groups excluding carboxylic acids is 1. The molecule has 0 fully saturated rings. The van der Waals surface area contributed by atoms with Gasteiger partial charge in [0.2, 0.25) is 0 Å². The number of carbonyl (C=O) groups is 1. The molecule has 0 saturated carbocycles. The molecule has 1 unspecified atom stereocenters. The lowest BCUT2D eigenvalue weighted by Gasteiger charge is -2.15. The van der Waals surface area contributed by atoms with Crippen LogP contribution < -0.4 is 5.32 Å². The van der Waals surface area contributed by atoms with Crippen molar-refractivity contribution in [2.45, 2.75) is 33.1 Å². The number of nitrogens with one attached hydrogen (secondary N) is 1. The van der Waals surface area contributed by atoms with Crippen molar-refractivity contribution in [1.82, 2.24) is 9.97 Å². The number of amides is 1. The number of benzene rings is 1. The van der Waals surface area contributed by atoms with Crippen molar-refractivity contribution in [1.29, 1.82) is 0 Å². The highest BCUT2D eigenvalue weighted by Gasteiger charge is 2.23. The van der Waals surface area contributed by atoms with Gasteiger partial charge in [0, 0.05) is 4.88 Å². The van der Waals surface area contributed by atoms with Gasteiger partial charge in [-0.15, -0.1) is 22.7 Å². The average molecular weight is 370 g/mol. The maximum Gasteiger partial charge on any atom is 0.277 e. The second-order valence-corrected chi connectivity index (χ2v) is 8.75. The Morgan fingerprint density at radius 1 is 1.20 bits per heavy atom. The molecule has 0 saturated heterocycles. The number of fused-ring (bicyclic) bond motifs is 1. The van der Waals surface area contributed by atoms with Gasteiger partial charge in [-0.05, 0) is 37.7 Å². The van der Waals surface area contributed by atoms with Crippen molar-refractivity contribution in [3.05, 3.63) is 51.6 Å². The van der Waals surface area contributed by atoms with E-state index in [9.17, 15) is 4.79 Å². The Balaban J connectivity index is 1.60. The fourth-order valence-electron chi connectivity index (χ4n) is 3.12. The minimum atomic E-state index is -0.178. The van der Waals surface area contributed by atoms with Crippen LogP contribution in [0.5, 0.6) is 0 Å². The zero-order valence-electron chi connectivity index (χ0n) is 14.2. The normalized spacial score (nSPS) is 16.5. The van der Waals surface area contributed by atoms with E-state index in [0.29, 0.717) is 16.7 Å². The van der Waals surface area contributed by atoms with E-state index < -0.39 is 0 Å². The van der Waals surface area contributed by atoms with Gasteiger partial charge in [0.1, 0.15) is 5.69 Å². The molecule has 1 aliphatic rings. The quantitative estimate of drug-likeness (QED) is 0.710. The molecule has 2 aromatic heterocycles. The largest absolute Gasteiger partial charge is 0.296 e. The Bertz CT molecular complexity index is 914. The molecule has 3 aromatic rings. The summed E-state index contributed by atoms with van der Waals surface area (Å²) in [6.45, 7) is 4.20. The third kappa shape index (κ3) is 3.37. The molecule has 4 rings (SSSR count). The van der Waals surface area contributed by atoms with Crippen molar-refractivity contribution in [3.8, 4) is 10.4 Å². The number of anilines is 1. The number of hydrogen-bond donors (Lipinski definition) is 1. The van der Waals surface area contributed by atoms with Crippen LogP contribution in [0.25, 0.3) is 10.4 Å². The lowest BCUT2D eigenvalue weighted by molar-refractivity contribution is 0.102. The summed E-state index contributed by atoms with van der Waals surface area (Å²) < 4.78 is 0. The molecule has 1 N–H and O–H groups in total. The van der Waals surface area contributed by atoms with Crippen molar-refractivity contribution in [2.24, 2.45) is 5.92 Å². The molecule has 0 radical (unpaired) electrons. The first-order valence-corrected chi connectivity index (χ1v) is 10.1. The molecule has 25 heavy (non-hydrogen) atoms. The van der Waals surface area contributed by atoms with E-state index in [4.69, 9.17) is 0 Å². The molecule has 1 aromatic carbocycles. The maximum absolute atomic E-state index is 12.8. The summed E-state index contributed by atoms with van der Waals surface area (Å²) in [6, 6.07) is 9.93. The summed E-state index contributed by atoms with van der Waals surface area (Å²) >= 11 is 3.15. The number of aryl methyl sites for hydroxylation is 2. The smallest absolute Gasteiger partial charge is 0.277 e. The Kier molecular flexibility index (Phi) is 4.39. The third-order valence-electron chi connectivity index (χ3n) is 4.39. The van der Waals surface area contributed by atoms with Crippen LogP contribution in [0, 0.1) is 12.8 Å². The summed E-state index contributed by atoms with van der Waals surface area (Å²) in [5, 5.41) is 4.54. The zero-order valence-corrected chi connectivity index (χ0v) is 15.8. The van der Waals surface area contributed by atoms with Crippen molar-refractivity contribution >= 4 is 33.7 Å². The van der Waals surface area contributed by atoms with Gasteiger partial charge in [0.05, 0.1) is 15.6 Å². The van der Waals surface area contributed by atoms with E-state index in [2.05, 4.69) is 22.2 Å². The summed E-state index contributed by atoms with van der Waals surface area (Å²) in [4.78, 5) is 24.1. The topological polar surface area (TPSA) is 54.9 Å². The molecule has 2 heterocycles. The highest BCUT2D eigenvalue weighted by Crippen LogP contribution is 2.34. The van der Waals surface area contributed by atoms with Crippen LogP contribution in [-0.4, -0.2) is 15.9 Å². The Hall–Kier alpha value is -2.05. The molecular weight excluding hydrogens is 350 g/mol. The predicted molar refractivity (Wildman–Crippen MR) is 104 cm³/mol. The minimum absolute atomic E-state index is 0.178. The van der Waals surface area contributed by atoms with E-state index >= 15 is 0 Å². The fourth-order valence-corrected chi connectivity index (χ4v) is 5.20. The van der Waals surface area contributed by atoms with Crippen LogP contribution in [0.15, 0.2) is 30.3 Å². The molecule has 4 nitrogen and oxygen atoms in total. The molecule has 1 aliphatic carbocycles. The van der Waals surface area contributed by atoms with Crippen LogP contribution in [0.2, 0.25) is 0 Å². The van der Waals surface area contributed by atoms with Crippen LogP contribution in [0.3, 0.4) is 0 Å². The van der Waals surface area contributed by atoms with Crippen LogP contribution in [0.1, 0.15) is 39.4 Å². The van der Waals surface area contributed by atoms with Gasteiger partial charge in [-0.25, -0.2) is 9.97 Å². The van der Waals surface area contributed by atoms with Gasteiger partial charge >= 0.3 is 0 Å². The van der Waals surface area contributed by atoms with Crippen LogP contribution >= 0.6 is 22.7 Å². The van der Waals surface area contributed by atoms with Crippen molar-refractivity contribution in [2.75, 3.05) is 5.32 Å². The molecule has 0 bridgehead atoms. The van der Waals surface area contributed by atoms with Gasteiger partial charge in [-0.1, -0.05) is 37.3 Å². The average Bonchev–Trinajstić information content (AvgIpc) is 3.18. The van der Waals surface area contributed by atoms with E-state index in [-0.39, 0.29) is 5.91 Å². The predicted octanol–water partition coefficient (Wildman–Crippen LogP) is 4.95. The molecule has 0 aliphatic heterocycles. The Morgan fingerprint density at radius 2 is 2.00 bits per heavy atom. The number of thiazole rings is 2. The SMILES string of the molecule is Cc1nc(C(=O)Nc2nc3c(s2)CC(C)CC3)c(-c2ccccc2)s1. The van der Waals surface area contributed by atoms with Crippen LogP contribution in [0.4, 0.5) is 5.13 Å².